The fourth-order valence-electron chi connectivity index (χ4n) is 0.979. The molecule has 64 valence electrons. The quantitative estimate of drug-likeness (QED) is 0.548. The number of pyridine rings is 1. The minimum atomic E-state index is -1.24. The Morgan fingerprint density at radius 1 is 1.67 bits per heavy atom. The Labute approximate surface area is 67.8 Å². The van der Waals surface area contributed by atoms with Gasteiger partial charge in [0.25, 0.3) is 0 Å². The molecule has 0 unspecified atom stereocenters. The van der Waals surface area contributed by atoms with Gasteiger partial charge in [-0.05, 0) is 6.92 Å². The molecule has 12 heavy (non-hydrogen) atoms. The summed E-state index contributed by atoms with van der Waals surface area (Å²) < 4.78 is 0. The highest BCUT2D eigenvalue weighted by atomic mass is 16.4. The first-order chi connectivity index (χ1) is 5.52. The summed E-state index contributed by atoms with van der Waals surface area (Å²) >= 11 is 0. The molecule has 5 nitrogen and oxygen atoms in total. The zero-order valence-corrected chi connectivity index (χ0v) is 6.42. The maximum absolute atomic E-state index is 11.0. The number of aromatic carboxylic acids is 1. The zero-order valence-electron chi connectivity index (χ0n) is 6.42. The van der Waals surface area contributed by atoms with Crippen LogP contribution in [0.2, 0.25) is 0 Å². The van der Waals surface area contributed by atoms with E-state index in [4.69, 9.17) is 10.8 Å². The Bertz CT molecular complexity index is 381. The van der Waals surface area contributed by atoms with Crippen LogP contribution in [0.15, 0.2) is 10.9 Å². The van der Waals surface area contributed by atoms with Crippen molar-refractivity contribution in [1.29, 1.82) is 0 Å². The number of aromatic nitrogens is 1. The lowest BCUT2D eigenvalue weighted by atomic mass is 10.2. The van der Waals surface area contributed by atoms with Crippen molar-refractivity contribution in [2.45, 2.75) is 6.92 Å². The van der Waals surface area contributed by atoms with Gasteiger partial charge in [0.15, 0.2) is 5.43 Å². The molecule has 0 bridgehead atoms. The van der Waals surface area contributed by atoms with Crippen molar-refractivity contribution in [3.8, 4) is 0 Å². The number of aromatic amines is 1. The van der Waals surface area contributed by atoms with Crippen LogP contribution < -0.4 is 11.2 Å². The second kappa shape index (κ2) is 2.69. The van der Waals surface area contributed by atoms with Gasteiger partial charge in [-0.15, -0.1) is 0 Å². The molecular formula is C7H8N2O3. The maximum atomic E-state index is 11.0. The topological polar surface area (TPSA) is 96.2 Å². The number of nitrogen functional groups attached to an aromatic ring is 1. The average molecular weight is 168 g/mol. The van der Waals surface area contributed by atoms with Crippen LogP contribution in [0, 0.1) is 6.92 Å². The molecular weight excluding hydrogens is 160 g/mol. The van der Waals surface area contributed by atoms with Crippen molar-refractivity contribution in [2.75, 3.05) is 5.73 Å². The van der Waals surface area contributed by atoms with Gasteiger partial charge < -0.3 is 15.8 Å². The number of hydrogen-bond acceptors (Lipinski definition) is 3. The summed E-state index contributed by atoms with van der Waals surface area (Å²) in [4.78, 5) is 24.1. The van der Waals surface area contributed by atoms with Crippen LogP contribution >= 0.6 is 0 Å². The monoisotopic (exact) mass is 168 g/mol. The third-order valence-electron chi connectivity index (χ3n) is 1.45. The summed E-state index contributed by atoms with van der Waals surface area (Å²) in [5.41, 5.74) is 4.72. The summed E-state index contributed by atoms with van der Waals surface area (Å²) in [5, 5.41) is 8.58. The molecule has 1 heterocycles. The molecule has 0 saturated carbocycles. The molecule has 1 aromatic heterocycles. The van der Waals surface area contributed by atoms with E-state index in [1.165, 1.54) is 6.92 Å². The Balaban J connectivity index is 3.49. The van der Waals surface area contributed by atoms with Gasteiger partial charge >= 0.3 is 5.97 Å². The molecule has 1 aromatic rings. The van der Waals surface area contributed by atoms with E-state index in [-0.39, 0.29) is 17.1 Å². The van der Waals surface area contributed by atoms with Crippen LogP contribution in [0.4, 0.5) is 5.82 Å². The Morgan fingerprint density at radius 3 is 2.67 bits per heavy atom. The van der Waals surface area contributed by atoms with Crippen molar-refractivity contribution in [3.63, 3.8) is 0 Å². The molecule has 0 aliphatic rings. The lowest BCUT2D eigenvalue weighted by molar-refractivity contribution is 0.0694. The van der Waals surface area contributed by atoms with Gasteiger partial charge in [-0.25, -0.2) is 4.79 Å². The number of carboxylic acids is 1. The lowest BCUT2D eigenvalue weighted by Gasteiger charge is -2.00. The summed E-state index contributed by atoms with van der Waals surface area (Å²) in [6.45, 7) is 1.49. The highest BCUT2D eigenvalue weighted by molar-refractivity contribution is 5.88. The number of aryl methyl sites for hydroxylation is 1. The van der Waals surface area contributed by atoms with Gasteiger partial charge in [-0.1, -0.05) is 0 Å². The van der Waals surface area contributed by atoms with Gasteiger partial charge in [0, 0.05) is 11.8 Å². The summed E-state index contributed by atoms with van der Waals surface area (Å²) in [6, 6.07) is 1.05. The van der Waals surface area contributed by atoms with Crippen molar-refractivity contribution in [1.82, 2.24) is 4.98 Å². The van der Waals surface area contributed by atoms with Crippen LogP contribution in [0.3, 0.4) is 0 Å². The molecule has 0 aromatic carbocycles. The van der Waals surface area contributed by atoms with Crippen molar-refractivity contribution in [2.24, 2.45) is 0 Å². The van der Waals surface area contributed by atoms with Gasteiger partial charge in [-0.2, -0.15) is 0 Å². The molecule has 0 aliphatic carbocycles. The number of carbonyl (C=O) groups is 1. The number of nitrogens with two attached hydrogens (primary N) is 1. The first-order valence-electron chi connectivity index (χ1n) is 3.25. The largest absolute Gasteiger partial charge is 0.477 e. The van der Waals surface area contributed by atoms with Crippen LogP contribution in [0.25, 0.3) is 0 Å². The number of rotatable bonds is 1. The number of anilines is 1. The molecule has 0 radical (unpaired) electrons. The minimum Gasteiger partial charge on any atom is -0.477 e. The van der Waals surface area contributed by atoms with Crippen molar-refractivity contribution < 1.29 is 9.90 Å². The molecule has 0 fully saturated rings. The number of hydrogen-bond donors (Lipinski definition) is 3. The highest BCUT2D eigenvalue weighted by Crippen LogP contribution is 2.01. The third kappa shape index (κ3) is 1.29. The Morgan fingerprint density at radius 2 is 2.25 bits per heavy atom. The first-order valence-corrected chi connectivity index (χ1v) is 3.25. The standard InChI is InChI=1S/C7H8N2O3/c1-3-6(7(11)12)4(10)2-5(8)9-3/h2H,1H3,(H,11,12)(H3,8,9,10). The van der Waals surface area contributed by atoms with E-state index < -0.39 is 11.4 Å². The molecule has 0 atom stereocenters. The molecule has 0 saturated heterocycles. The van der Waals surface area contributed by atoms with Crippen LogP contribution in [0.1, 0.15) is 16.1 Å². The Hall–Kier alpha value is -1.78. The summed E-state index contributed by atoms with van der Waals surface area (Å²) in [7, 11) is 0. The second-order valence-corrected chi connectivity index (χ2v) is 2.39. The average Bonchev–Trinajstić information content (AvgIpc) is 1.82. The highest BCUT2D eigenvalue weighted by Gasteiger charge is 2.11. The summed E-state index contributed by atoms with van der Waals surface area (Å²) in [5.74, 6) is -1.07. The molecule has 0 spiro atoms. The van der Waals surface area contributed by atoms with Crippen LogP contribution in [-0.2, 0) is 0 Å². The third-order valence-corrected chi connectivity index (χ3v) is 1.45. The van der Waals surface area contributed by atoms with E-state index in [9.17, 15) is 9.59 Å². The molecule has 0 aliphatic heterocycles. The van der Waals surface area contributed by atoms with E-state index in [0.717, 1.165) is 6.07 Å². The summed E-state index contributed by atoms with van der Waals surface area (Å²) in [6.07, 6.45) is 0. The fourth-order valence-corrected chi connectivity index (χ4v) is 0.979. The predicted molar refractivity (Wildman–Crippen MR) is 43.2 cm³/mol. The van der Waals surface area contributed by atoms with Crippen molar-refractivity contribution >= 4 is 11.8 Å². The van der Waals surface area contributed by atoms with Gasteiger partial charge in [0.2, 0.25) is 0 Å². The van der Waals surface area contributed by atoms with Gasteiger partial charge in [0.1, 0.15) is 11.4 Å². The molecule has 1 rings (SSSR count). The number of nitrogens with one attached hydrogen (secondary N) is 1. The zero-order chi connectivity index (χ0) is 9.30. The SMILES string of the molecule is Cc1[nH]c(N)cc(=O)c1C(=O)O. The van der Waals surface area contributed by atoms with Gasteiger partial charge in [-0.3, -0.25) is 4.79 Å². The van der Waals surface area contributed by atoms with Crippen molar-refractivity contribution in [3.05, 3.63) is 27.5 Å². The maximum Gasteiger partial charge on any atom is 0.341 e. The first kappa shape index (κ1) is 8.32. The second-order valence-electron chi connectivity index (χ2n) is 2.39. The number of H-pyrrole nitrogens is 1. The lowest BCUT2D eigenvalue weighted by Crippen LogP contribution is -2.18. The Kier molecular flexibility index (Phi) is 1.86. The molecule has 0 amide bonds. The van der Waals surface area contributed by atoms with E-state index in [2.05, 4.69) is 4.98 Å². The van der Waals surface area contributed by atoms with E-state index >= 15 is 0 Å². The molecule has 5 heteroatoms. The predicted octanol–water partition coefficient (Wildman–Crippen LogP) is -0.0363. The normalized spacial score (nSPS) is 9.75. The smallest absolute Gasteiger partial charge is 0.341 e. The molecule has 4 N–H and O–H groups in total. The van der Waals surface area contributed by atoms with Gasteiger partial charge in [0.05, 0.1) is 0 Å². The minimum absolute atomic E-state index is 0.169. The van der Waals surface area contributed by atoms with Crippen LogP contribution in [0.5, 0.6) is 0 Å². The number of carboxylic acid groups (broad SMARTS) is 1. The van der Waals surface area contributed by atoms with E-state index in [0.29, 0.717) is 0 Å². The van der Waals surface area contributed by atoms with Crippen LogP contribution in [-0.4, -0.2) is 16.1 Å². The van der Waals surface area contributed by atoms with E-state index in [1.807, 2.05) is 0 Å². The fraction of sp³-hybridized carbons (Fsp3) is 0.143. The van der Waals surface area contributed by atoms with E-state index in [1.54, 1.807) is 0 Å².